The molecule has 0 aromatic heterocycles. The zero-order valence-corrected chi connectivity index (χ0v) is 11.1. The molecule has 0 aliphatic carbocycles. The van der Waals surface area contributed by atoms with Gasteiger partial charge in [-0.3, -0.25) is 0 Å². The summed E-state index contributed by atoms with van der Waals surface area (Å²) in [5.74, 6) is 1.07. The van der Waals surface area contributed by atoms with Gasteiger partial charge in [-0.1, -0.05) is 43.4 Å². The molecule has 0 heterocycles. The molecule has 0 amide bonds. The molecule has 1 atom stereocenters. The Morgan fingerprint density at radius 2 is 1.79 bits per heavy atom. The highest BCUT2D eigenvalue weighted by molar-refractivity contribution is 7.19. The summed E-state index contributed by atoms with van der Waals surface area (Å²) >= 11 is 12.3. The summed E-state index contributed by atoms with van der Waals surface area (Å²) in [4.78, 5) is 0. The third-order valence-corrected chi connectivity index (χ3v) is 4.49. The Hall–Kier alpha value is 0.0169. The van der Waals surface area contributed by atoms with Gasteiger partial charge in [0.15, 0.2) is 7.38 Å². The van der Waals surface area contributed by atoms with Crippen LogP contribution in [0.3, 0.4) is 0 Å². The molecule has 0 fully saturated rings. The Kier molecular flexibility index (Phi) is 4.49. The van der Waals surface area contributed by atoms with Crippen molar-refractivity contribution in [1.29, 1.82) is 0 Å². The number of benzene rings is 1. The second-order valence-corrected chi connectivity index (χ2v) is 11.4. The third-order valence-electron chi connectivity index (χ3n) is 2.19. The summed E-state index contributed by atoms with van der Waals surface area (Å²) in [5.41, 5.74) is 1.31. The molecule has 78 valence electrons. The van der Waals surface area contributed by atoms with Gasteiger partial charge >= 0.3 is 0 Å². The predicted octanol–water partition coefficient (Wildman–Crippen LogP) is 4.45. The molecule has 14 heavy (non-hydrogen) atoms. The highest BCUT2D eigenvalue weighted by Crippen LogP contribution is 2.29. The highest BCUT2D eigenvalue weighted by atomic mass is 35.6. The molecule has 1 aromatic carbocycles. The van der Waals surface area contributed by atoms with E-state index in [2.05, 4.69) is 37.4 Å². The van der Waals surface area contributed by atoms with Crippen LogP contribution in [0, 0.1) is 0 Å². The van der Waals surface area contributed by atoms with Gasteiger partial charge in [-0.2, -0.15) is 11.1 Å². The SMILES string of the molecule is C[Si](C)(Cl)CC(CCl)c1ccccc1. The summed E-state index contributed by atoms with van der Waals surface area (Å²) in [5, 5.41) is 0. The van der Waals surface area contributed by atoms with Gasteiger partial charge in [0.1, 0.15) is 0 Å². The molecule has 1 unspecified atom stereocenters. The van der Waals surface area contributed by atoms with Crippen LogP contribution in [0.4, 0.5) is 0 Å². The van der Waals surface area contributed by atoms with Crippen molar-refractivity contribution in [3.8, 4) is 0 Å². The van der Waals surface area contributed by atoms with Crippen LogP contribution in [-0.4, -0.2) is 13.3 Å². The highest BCUT2D eigenvalue weighted by Gasteiger charge is 2.23. The first-order chi connectivity index (χ1) is 6.53. The van der Waals surface area contributed by atoms with E-state index < -0.39 is 7.38 Å². The molecule has 0 nitrogen and oxygen atoms in total. The van der Waals surface area contributed by atoms with Crippen molar-refractivity contribution in [3.63, 3.8) is 0 Å². The van der Waals surface area contributed by atoms with Gasteiger partial charge in [0.2, 0.25) is 0 Å². The fourth-order valence-corrected chi connectivity index (χ4v) is 4.15. The van der Waals surface area contributed by atoms with Crippen molar-refractivity contribution in [2.45, 2.75) is 25.1 Å². The first-order valence-electron chi connectivity index (χ1n) is 4.83. The molecule has 0 N–H and O–H groups in total. The zero-order valence-electron chi connectivity index (χ0n) is 8.63. The summed E-state index contributed by atoms with van der Waals surface area (Å²) in [7, 11) is -1.54. The maximum atomic E-state index is 6.34. The Balaban J connectivity index is 2.73. The van der Waals surface area contributed by atoms with Crippen LogP contribution in [0.2, 0.25) is 19.1 Å². The van der Waals surface area contributed by atoms with E-state index in [1.165, 1.54) is 5.56 Å². The number of hydrogen-bond donors (Lipinski definition) is 0. The molecule has 1 rings (SSSR count). The van der Waals surface area contributed by atoms with E-state index in [0.29, 0.717) is 11.8 Å². The third kappa shape index (κ3) is 4.03. The standard InChI is InChI=1S/C11H16Cl2Si/c1-14(2,13)9-11(8-12)10-6-4-3-5-7-10/h3-7,11H,8-9H2,1-2H3. The number of hydrogen-bond acceptors (Lipinski definition) is 0. The lowest BCUT2D eigenvalue weighted by Crippen LogP contribution is -2.20. The van der Waals surface area contributed by atoms with Crippen LogP contribution in [0.25, 0.3) is 0 Å². The molecule has 0 aliphatic heterocycles. The second-order valence-electron chi connectivity index (χ2n) is 4.18. The lowest BCUT2D eigenvalue weighted by molar-refractivity contribution is 0.859. The van der Waals surface area contributed by atoms with Gasteiger partial charge in [0.25, 0.3) is 0 Å². The minimum Gasteiger partial charge on any atom is -0.168 e. The van der Waals surface area contributed by atoms with Crippen molar-refractivity contribution in [1.82, 2.24) is 0 Å². The Morgan fingerprint density at radius 3 is 2.21 bits per heavy atom. The summed E-state index contributed by atoms with van der Waals surface area (Å²) in [6.07, 6.45) is 0. The van der Waals surface area contributed by atoms with E-state index in [-0.39, 0.29) is 0 Å². The molecule has 0 spiro atoms. The van der Waals surface area contributed by atoms with Crippen molar-refractivity contribution >= 4 is 30.1 Å². The van der Waals surface area contributed by atoms with Gasteiger partial charge < -0.3 is 0 Å². The molecule has 0 saturated heterocycles. The van der Waals surface area contributed by atoms with Crippen LogP contribution >= 0.6 is 22.7 Å². The minimum atomic E-state index is -1.54. The molecular weight excluding hydrogens is 231 g/mol. The molecule has 0 radical (unpaired) electrons. The molecule has 3 heteroatoms. The number of rotatable bonds is 4. The Bertz CT molecular complexity index is 266. The normalized spacial score (nSPS) is 14.0. The Morgan fingerprint density at radius 1 is 1.21 bits per heavy atom. The quantitative estimate of drug-likeness (QED) is 0.419. The molecular formula is C11H16Cl2Si. The van der Waals surface area contributed by atoms with E-state index >= 15 is 0 Å². The zero-order chi connectivity index (χ0) is 10.6. The average Bonchev–Trinajstić information content (AvgIpc) is 2.14. The van der Waals surface area contributed by atoms with Gasteiger partial charge in [0.05, 0.1) is 0 Å². The Labute approximate surface area is 96.9 Å². The second kappa shape index (κ2) is 5.20. The van der Waals surface area contributed by atoms with Crippen LogP contribution in [0.5, 0.6) is 0 Å². The fourth-order valence-electron chi connectivity index (χ4n) is 1.57. The lowest BCUT2D eigenvalue weighted by Gasteiger charge is -2.20. The maximum Gasteiger partial charge on any atom is 0.151 e. The number of alkyl halides is 1. The predicted molar refractivity (Wildman–Crippen MR) is 68.0 cm³/mol. The van der Waals surface area contributed by atoms with E-state index in [1.54, 1.807) is 0 Å². The molecule has 0 saturated carbocycles. The van der Waals surface area contributed by atoms with E-state index in [4.69, 9.17) is 22.7 Å². The fraction of sp³-hybridized carbons (Fsp3) is 0.455. The summed E-state index contributed by atoms with van der Waals surface area (Å²) in [6.45, 7) is 4.33. The minimum absolute atomic E-state index is 0.414. The monoisotopic (exact) mass is 246 g/mol. The van der Waals surface area contributed by atoms with Gasteiger partial charge in [-0.15, -0.1) is 11.6 Å². The maximum absolute atomic E-state index is 6.34. The van der Waals surface area contributed by atoms with Gasteiger partial charge in [0, 0.05) is 5.88 Å². The van der Waals surface area contributed by atoms with E-state index in [0.717, 1.165) is 6.04 Å². The van der Waals surface area contributed by atoms with Crippen molar-refractivity contribution < 1.29 is 0 Å². The first-order valence-corrected chi connectivity index (χ1v) is 9.58. The van der Waals surface area contributed by atoms with E-state index in [9.17, 15) is 0 Å². The van der Waals surface area contributed by atoms with Crippen molar-refractivity contribution in [2.75, 3.05) is 5.88 Å². The topological polar surface area (TPSA) is 0 Å². The summed E-state index contributed by atoms with van der Waals surface area (Å²) < 4.78 is 0. The van der Waals surface area contributed by atoms with Crippen LogP contribution in [-0.2, 0) is 0 Å². The van der Waals surface area contributed by atoms with E-state index in [1.807, 2.05) is 6.07 Å². The molecule has 1 aromatic rings. The number of halogens is 2. The van der Waals surface area contributed by atoms with Gasteiger partial charge in [-0.05, 0) is 17.5 Å². The first kappa shape index (κ1) is 12.1. The largest absolute Gasteiger partial charge is 0.168 e. The van der Waals surface area contributed by atoms with Gasteiger partial charge in [-0.25, -0.2) is 0 Å². The summed E-state index contributed by atoms with van der Waals surface area (Å²) in [6, 6.07) is 11.4. The van der Waals surface area contributed by atoms with Crippen LogP contribution < -0.4 is 0 Å². The molecule has 0 aliphatic rings. The molecule has 0 bridgehead atoms. The smallest absolute Gasteiger partial charge is 0.151 e. The average molecular weight is 247 g/mol. The lowest BCUT2D eigenvalue weighted by atomic mass is 10.0. The van der Waals surface area contributed by atoms with Crippen molar-refractivity contribution in [3.05, 3.63) is 35.9 Å². The van der Waals surface area contributed by atoms with Crippen LogP contribution in [0.15, 0.2) is 30.3 Å². The van der Waals surface area contributed by atoms with Crippen LogP contribution in [0.1, 0.15) is 11.5 Å². The van der Waals surface area contributed by atoms with Crippen molar-refractivity contribution in [2.24, 2.45) is 0 Å².